The van der Waals surface area contributed by atoms with Gasteiger partial charge < -0.3 is 20.4 Å². The Hall–Kier alpha value is -1.30. The molecular formula is C14H24N4O2. The molecule has 0 aliphatic carbocycles. The number of hydrogen-bond acceptors (Lipinski definition) is 3. The van der Waals surface area contributed by atoms with E-state index in [1.807, 2.05) is 9.80 Å². The Balaban J connectivity index is 1.86. The number of rotatable bonds is 2. The second kappa shape index (κ2) is 5.60. The quantitative estimate of drug-likeness (QED) is 0.756. The molecule has 0 saturated carbocycles. The normalized spacial score (nSPS) is 26.5. The summed E-state index contributed by atoms with van der Waals surface area (Å²) in [4.78, 5) is 29.1. The summed E-state index contributed by atoms with van der Waals surface area (Å²) in [7, 11) is 0. The van der Waals surface area contributed by atoms with Gasteiger partial charge in [0, 0.05) is 26.2 Å². The number of carbonyl (C=O) groups is 2. The van der Waals surface area contributed by atoms with Gasteiger partial charge in [-0.3, -0.25) is 4.79 Å². The van der Waals surface area contributed by atoms with Crippen molar-refractivity contribution >= 4 is 11.9 Å². The molecule has 20 heavy (non-hydrogen) atoms. The van der Waals surface area contributed by atoms with Crippen LogP contribution in [0.15, 0.2) is 0 Å². The topological polar surface area (TPSA) is 64.7 Å². The maximum atomic E-state index is 13.0. The molecule has 3 saturated heterocycles. The van der Waals surface area contributed by atoms with Crippen molar-refractivity contribution in [1.29, 1.82) is 0 Å². The fourth-order valence-electron chi connectivity index (χ4n) is 3.69. The van der Waals surface area contributed by atoms with E-state index in [-0.39, 0.29) is 11.9 Å². The van der Waals surface area contributed by atoms with Gasteiger partial charge in [-0.15, -0.1) is 0 Å². The van der Waals surface area contributed by atoms with Crippen LogP contribution in [0, 0.1) is 0 Å². The van der Waals surface area contributed by atoms with Gasteiger partial charge in [0.05, 0.1) is 0 Å². The third-order valence-corrected chi connectivity index (χ3v) is 4.82. The molecule has 3 aliphatic heterocycles. The summed E-state index contributed by atoms with van der Waals surface area (Å²) in [5.74, 6) is 0.175. The van der Waals surface area contributed by atoms with Crippen molar-refractivity contribution in [2.75, 3.05) is 39.3 Å². The first-order chi connectivity index (χ1) is 9.74. The lowest BCUT2D eigenvalue weighted by Gasteiger charge is -2.48. The molecule has 0 bridgehead atoms. The highest BCUT2D eigenvalue weighted by molar-refractivity contribution is 5.91. The van der Waals surface area contributed by atoms with Crippen molar-refractivity contribution in [3.63, 3.8) is 0 Å². The van der Waals surface area contributed by atoms with Crippen LogP contribution in [0.3, 0.4) is 0 Å². The Bertz CT molecular complexity index is 387. The first kappa shape index (κ1) is 13.7. The minimum absolute atomic E-state index is 0.0642. The highest BCUT2D eigenvalue weighted by Gasteiger charge is 2.49. The summed E-state index contributed by atoms with van der Waals surface area (Å²) in [6.07, 6.45) is 4.57. The monoisotopic (exact) mass is 280 g/mol. The molecular weight excluding hydrogens is 256 g/mol. The van der Waals surface area contributed by atoms with Crippen LogP contribution in [0.25, 0.3) is 0 Å². The number of hydrogen-bond donors (Lipinski definition) is 2. The summed E-state index contributed by atoms with van der Waals surface area (Å²) >= 11 is 0. The summed E-state index contributed by atoms with van der Waals surface area (Å²) in [6.45, 7) is 4.74. The summed E-state index contributed by atoms with van der Waals surface area (Å²) < 4.78 is 0. The second-order valence-corrected chi connectivity index (χ2v) is 6.02. The molecule has 3 heterocycles. The van der Waals surface area contributed by atoms with Crippen molar-refractivity contribution in [1.82, 2.24) is 20.4 Å². The Morgan fingerprint density at radius 1 is 1.00 bits per heavy atom. The van der Waals surface area contributed by atoms with Crippen LogP contribution >= 0.6 is 0 Å². The Morgan fingerprint density at radius 2 is 1.70 bits per heavy atom. The molecule has 0 aromatic carbocycles. The Morgan fingerprint density at radius 3 is 2.35 bits per heavy atom. The highest BCUT2D eigenvalue weighted by Crippen LogP contribution is 2.31. The maximum Gasteiger partial charge on any atom is 0.318 e. The zero-order chi connectivity index (χ0) is 14.0. The fourth-order valence-corrected chi connectivity index (χ4v) is 3.69. The van der Waals surface area contributed by atoms with Crippen molar-refractivity contribution in [2.45, 2.75) is 37.6 Å². The van der Waals surface area contributed by atoms with Gasteiger partial charge in [0.25, 0.3) is 0 Å². The van der Waals surface area contributed by atoms with Crippen LogP contribution < -0.4 is 10.6 Å². The van der Waals surface area contributed by atoms with E-state index in [0.717, 1.165) is 64.8 Å². The van der Waals surface area contributed by atoms with Gasteiger partial charge in [0.15, 0.2) is 0 Å². The first-order valence-electron chi connectivity index (χ1n) is 7.80. The standard InChI is InChI=1S/C14H24N4O2/c19-12(17-9-1-2-10-17)14(4-7-15-8-5-14)18-11-3-6-16-13(18)20/h15H,1-11H2,(H,16,20). The van der Waals surface area contributed by atoms with E-state index < -0.39 is 5.54 Å². The van der Waals surface area contributed by atoms with Gasteiger partial charge >= 0.3 is 6.03 Å². The minimum Gasteiger partial charge on any atom is -0.341 e. The number of amides is 3. The molecule has 3 rings (SSSR count). The lowest BCUT2D eigenvalue weighted by molar-refractivity contribution is -0.144. The molecule has 0 spiro atoms. The average molecular weight is 280 g/mol. The van der Waals surface area contributed by atoms with Gasteiger partial charge in [0.1, 0.15) is 5.54 Å². The van der Waals surface area contributed by atoms with Gasteiger partial charge in [0.2, 0.25) is 5.91 Å². The lowest BCUT2D eigenvalue weighted by Crippen LogP contribution is -2.67. The molecule has 6 nitrogen and oxygen atoms in total. The smallest absolute Gasteiger partial charge is 0.318 e. The number of urea groups is 1. The zero-order valence-corrected chi connectivity index (χ0v) is 12.0. The summed E-state index contributed by atoms with van der Waals surface area (Å²) in [5, 5.41) is 6.21. The summed E-state index contributed by atoms with van der Waals surface area (Å²) in [5.41, 5.74) is -0.611. The predicted octanol–water partition coefficient (Wildman–Crippen LogP) is 0.146. The van der Waals surface area contributed by atoms with Crippen molar-refractivity contribution in [3.05, 3.63) is 0 Å². The van der Waals surface area contributed by atoms with Crippen LogP contribution in [0.2, 0.25) is 0 Å². The molecule has 112 valence electrons. The van der Waals surface area contributed by atoms with Crippen LogP contribution in [0.5, 0.6) is 0 Å². The van der Waals surface area contributed by atoms with Crippen molar-refractivity contribution < 1.29 is 9.59 Å². The van der Waals surface area contributed by atoms with Gasteiger partial charge in [-0.2, -0.15) is 0 Å². The third-order valence-electron chi connectivity index (χ3n) is 4.82. The summed E-state index contributed by atoms with van der Waals surface area (Å²) in [6, 6.07) is -0.0642. The molecule has 0 aromatic heterocycles. The van der Waals surface area contributed by atoms with Crippen LogP contribution in [0.4, 0.5) is 4.79 Å². The SMILES string of the molecule is O=C1NCCCN1C1(C(=O)N2CCCC2)CCNCC1. The average Bonchev–Trinajstić information content (AvgIpc) is 3.02. The molecule has 3 amide bonds. The number of nitrogens with zero attached hydrogens (tertiary/aromatic N) is 2. The third kappa shape index (κ3) is 2.26. The molecule has 3 fully saturated rings. The Labute approximate surface area is 119 Å². The molecule has 0 unspecified atom stereocenters. The van der Waals surface area contributed by atoms with E-state index in [1.165, 1.54) is 0 Å². The van der Waals surface area contributed by atoms with Crippen LogP contribution in [-0.2, 0) is 4.79 Å². The van der Waals surface area contributed by atoms with E-state index >= 15 is 0 Å². The number of piperidine rings is 1. The highest BCUT2D eigenvalue weighted by atomic mass is 16.2. The maximum absolute atomic E-state index is 13.0. The molecule has 0 aromatic rings. The fraction of sp³-hybridized carbons (Fsp3) is 0.857. The molecule has 6 heteroatoms. The largest absolute Gasteiger partial charge is 0.341 e. The van der Waals surface area contributed by atoms with Gasteiger partial charge in [-0.25, -0.2) is 4.79 Å². The number of nitrogens with one attached hydrogen (secondary N) is 2. The van der Waals surface area contributed by atoms with Gasteiger partial charge in [-0.05, 0) is 45.2 Å². The molecule has 0 radical (unpaired) electrons. The van der Waals surface area contributed by atoms with E-state index in [2.05, 4.69) is 10.6 Å². The molecule has 3 aliphatic rings. The first-order valence-corrected chi connectivity index (χ1v) is 7.80. The van der Waals surface area contributed by atoms with Crippen LogP contribution in [-0.4, -0.2) is 66.5 Å². The van der Waals surface area contributed by atoms with E-state index in [0.29, 0.717) is 6.54 Å². The predicted molar refractivity (Wildman–Crippen MR) is 75.4 cm³/mol. The molecule has 0 atom stereocenters. The zero-order valence-electron chi connectivity index (χ0n) is 12.0. The van der Waals surface area contributed by atoms with Gasteiger partial charge in [-0.1, -0.05) is 0 Å². The van der Waals surface area contributed by atoms with Crippen LogP contribution in [0.1, 0.15) is 32.1 Å². The Kier molecular flexibility index (Phi) is 3.83. The van der Waals surface area contributed by atoms with E-state index in [4.69, 9.17) is 0 Å². The van der Waals surface area contributed by atoms with Crippen molar-refractivity contribution in [2.24, 2.45) is 0 Å². The minimum atomic E-state index is -0.611. The molecule has 2 N–H and O–H groups in total. The van der Waals surface area contributed by atoms with E-state index in [9.17, 15) is 9.59 Å². The lowest BCUT2D eigenvalue weighted by atomic mass is 9.84. The second-order valence-electron chi connectivity index (χ2n) is 6.02. The number of likely N-dealkylation sites (tertiary alicyclic amines) is 1. The van der Waals surface area contributed by atoms with Crippen molar-refractivity contribution in [3.8, 4) is 0 Å². The number of carbonyl (C=O) groups excluding carboxylic acids is 2. The van der Waals surface area contributed by atoms with E-state index in [1.54, 1.807) is 0 Å².